The first-order valence-electron chi connectivity index (χ1n) is 9.38. The van der Waals surface area contributed by atoms with Crippen molar-refractivity contribution in [3.05, 3.63) is 56.1 Å². The number of aromatic nitrogens is 2. The molecule has 1 aliphatic heterocycles. The second-order valence-corrected chi connectivity index (χ2v) is 9.16. The molecule has 1 fully saturated rings. The molecular formula is C20H24ClN3O2S. The molecule has 7 heteroatoms. The minimum absolute atomic E-state index is 0.0204. The van der Waals surface area contributed by atoms with Crippen molar-refractivity contribution < 1.29 is 5.11 Å². The standard InChI is InChI=1S/C20H24ClN3O2S/c1-13(19(25)17-6-7-18(21)27-17)12-23-10-8-14(9-11-23)24-16-5-3-2-4-15(16)22-20(24)26/h2-7,13-14,19,25H,8-12H2,1H3,(H,22,26). The van der Waals surface area contributed by atoms with Gasteiger partial charge in [0.15, 0.2) is 0 Å². The minimum atomic E-state index is -0.489. The molecule has 0 aliphatic carbocycles. The van der Waals surface area contributed by atoms with Crippen molar-refractivity contribution in [1.29, 1.82) is 0 Å². The van der Waals surface area contributed by atoms with Crippen LogP contribution in [0, 0.1) is 5.92 Å². The molecule has 2 unspecified atom stereocenters. The smallest absolute Gasteiger partial charge is 0.326 e. The van der Waals surface area contributed by atoms with Gasteiger partial charge in [-0.15, -0.1) is 11.3 Å². The van der Waals surface area contributed by atoms with Crippen LogP contribution in [0.5, 0.6) is 0 Å². The number of nitrogens with one attached hydrogen (secondary N) is 1. The minimum Gasteiger partial charge on any atom is -0.387 e. The number of halogens is 1. The fourth-order valence-electron chi connectivity index (χ4n) is 4.07. The summed E-state index contributed by atoms with van der Waals surface area (Å²) < 4.78 is 2.62. The van der Waals surface area contributed by atoms with Gasteiger partial charge in [0.25, 0.3) is 0 Å². The van der Waals surface area contributed by atoms with Crippen LogP contribution in [0.15, 0.2) is 41.2 Å². The molecule has 3 heterocycles. The molecule has 3 aromatic rings. The average Bonchev–Trinajstić information content (AvgIpc) is 3.24. The monoisotopic (exact) mass is 405 g/mol. The quantitative estimate of drug-likeness (QED) is 0.673. The number of aliphatic hydroxyl groups is 1. The molecule has 27 heavy (non-hydrogen) atoms. The molecule has 0 spiro atoms. The van der Waals surface area contributed by atoms with Gasteiger partial charge in [0, 0.05) is 30.6 Å². The predicted octanol–water partition coefficient (Wildman–Crippen LogP) is 4.05. The van der Waals surface area contributed by atoms with Crippen molar-refractivity contribution >= 4 is 34.0 Å². The number of para-hydroxylation sites is 2. The molecule has 2 aromatic heterocycles. The van der Waals surface area contributed by atoms with Crippen molar-refractivity contribution in [2.24, 2.45) is 5.92 Å². The number of H-pyrrole nitrogens is 1. The average molecular weight is 406 g/mol. The number of aromatic amines is 1. The van der Waals surface area contributed by atoms with Crippen molar-refractivity contribution in [1.82, 2.24) is 14.5 Å². The third-order valence-corrected chi connectivity index (χ3v) is 6.82. The van der Waals surface area contributed by atoms with Crippen LogP contribution in [0.25, 0.3) is 11.0 Å². The molecule has 0 bridgehead atoms. The van der Waals surface area contributed by atoms with Crippen LogP contribution in [0.3, 0.4) is 0 Å². The number of likely N-dealkylation sites (tertiary alicyclic amines) is 1. The van der Waals surface area contributed by atoms with E-state index in [-0.39, 0.29) is 17.6 Å². The zero-order valence-electron chi connectivity index (χ0n) is 15.3. The third-order valence-electron chi connectivity index (χ3n) is 5.52. The molecule has 2 atom stereocenters. The van der Waals surface area contributed by atoms with E-state index in [0.717, 1.165) is 48.4 Å². The van der Waals surface area contributed by atoms with E-state index in [1.807, 2.05) is 41.0 Å². The first-order chi connectivity index (χ1) is 13.0. The number of rotatable bonds is 5. The zero-order valence-corrected chi connectivity index (χ0v) is 16.8. The van der Waals surface area contributed by atoms with Gasteiger partial charge in [-0.2, -0.15) is 0 Å². The number of hydrogen-bond donors (Lipinski definition) is 2. The first-order valence-corrected chi connectivity index (χ1v) is 10.6. The van der Waals surface area contributed by atoms with Crippen LogP contribution < -0.4 is 5.69 Å². The van der Waals surface area contributed by atoms with E-state index in [9.17, 15) is 9.90 Å². The lowest BCUT2D eigenvalue weighted by Crippen LogP contribution is -2.39. The topological polar surface area (TPSA) is 61.3 Å². The van der Waals surface area contributed by atoms with E-state index >= 15 is 0 Å². The van der Waals surface area contributed by atoms with Gasteiger partial charge in [0.1, 0.15) is 0 Å². The first kappa shape index (κ1) is 18.7. The largest absolute Gasteiger partial charge is 0.387 e. The van der Waals surface area contributed by atoms with Gasteiger partial charge >= 0.3 is 5.69 Å². The summed E-state index contributed by atoms with van der Waals surface area (Å²) in [6.07, 6.45) is 1.39. The normalized spacial score (nSPS) is 18.8. The second kappa shape index (κ2) is 7.80. The Bertz CT molecular complexity index is 971. The molecule has 4 rings (SSSR count). The highest BCUT2D eigenvalue weighted by Crippen LogP contribution is 2.32. The molecular weight excluding hydrogens is 382 g/mol. The number of fused-ring (bicyclic) bond motifs is 1. The molecule has 2 N–H and O–H groups in total. The molecule has 1 aliphatic rings. The lowest BCUT2D eigenvalue weighted by molar-refractivity contribution is 0.0784. The summed E-state index contributed by atoms with van der Waals surface area (Å²) in [7, 11) is 0. The Morgan fingerprint density at radius 3 is 2.70 bits per heavy atom. The van der Waals surface area contributed by atoms with Crippen LogP contribution in [0.2, 0.25) is 4.34 Å². The van der Waals surface area contributed by atoms with Crippen molar-refractivity contribution in [3.8, 4) is 0 Å². The number of piperidine rings is 1. The highest BCUT2D eigenvalue weighted by atomic mass is 35.5. The Morgan fingerprint density at radius 2 is 2.00 bits per heavy atom. The number of thiophene rings is 1. The lowest BCUT2D eigenvalue weighted by atomic mass is 9.99. The summed E-state index contributed by atoms with van der Waals surface area (Å²) in [4.78, 5) is 18.7. The van der Waals surface area contributed by atoms with Crippen LogP contribution in [-0.2, 0) is 0 Å². The Labute approximate surface area is 167 Å². The van der Waals surface area contributed by atoms with Gasteiger partial charge in [0.05, 0.1) is 21.5 Å². The predicted molar refractivity (Wildman–Crippen MR) is 111 cm³/mol. The van der Waals surface area contributed by atoms with E-state index in [1.165, 1.54) is 11.3 Å². The van der Waals surface area contributed by atoms with Gasteiger partial charge in [-0.05, 0) is 43.0 Å². The fraction of sp³-hybridized carbons (Fsp3) is 0.450. The maximum absolute atomic E-state index is 12.4. The summed E-state index contributed by atoms with van der Waals surface area (Å²) in [5, 5.41) is 10.6. The Kier molecular flexibility index (Phi) is 5.41. The molecule has 1 saturated heterocycles. The van der Waals surface area contributed by atoms with Crippen molar-refractivity contribution in [3.63, 3.8) is 0 Å². The maximum atomic E-state index is 12.4. The number of imidazole rings is 1. The van der Waals surface area contributed by atoms with Crippen LogP contribution in [0.4, 0.5) is 0 Å². The molecule has 0 saturated carbocycles. The third kappa shape index (κ3) is 3.85. The highest BCUT2D eigenvalue weighted by Gasteiger charge is 2.26. The second-order valence-electron chi connectivity index (χ2n) is 7.41. The summed E-state index contributed by atoms with van der Waals surface area (Å²) in [5.41, 5.74) is 1.86. The number of aliphatic hydroxyl groups excluding tert-OH is 1. The van der Waals surface area contributed by atoms with E-state index in [1.54, 1.807) is 0 Å². The van der Waals surface area contributed by atoms with Gasteiger partial charge < -0.3 is 15.0 Å². The van der Waals surface area contributed by atoms with E-state index in [0.29, 0.717) is 4.34 Å². The fourth-order valence-corrected chi connectivity index (χ4v) is 5.25. The van der Waals surface area contributed by atoms with Crippen LogP contribution in [-0.4, -0.2) is 39.2 Å². The molecule has 5 nitrogen and oxygen atoms in total. The summed E-state index contributed by atoms with van der Waals surface area (Å²) in [6, 6.07) is 11.8. The molecule has 144 valence electrons. The Balaban J connectivity index is 1.39. The lowest BCUT2D eigenvalue weighted by Gasteiger charge is -2.34. The van der Waals surface area contributed by atoms with Gasteiger partial charge in [-0.3, -0.25) is 4.57 Å². The molecule has 0 radical (unpaired) electrons. The molecule has 1 aromatic carbocycles. The van der Waals surface area contributed by atoms with E-state index in [2.05, 4.69) is 16.8 Å². The summed E-state index contributed by atoms with van der Waals surface area (Å²) in [5.74, 6) is 0.132. The molecule has 0 amide bonds. The SMILES string of the molecule is CC(CN1CCC(n2c(=O)[nH]c3ccccc32)CC1)C(O)c1ccc(Cl)s1. The Hall–Kier alpha value is -1.60. The Morgan fingerprint density at radius 1 is 1.26 bits per heavy atom. The number of hydrogen-bond acceptors (Lipinski definition) is 4. The summed E-state index contributed by atoms with van der Waals surface area (Å²) >= 11 is 7.43. The number of benzene rings is 1. The highest BCUT2D eigenvalue weighted by molar-refractivity contribution is 7.16. The van der Waals surface area contributed by atoms with E-state index in [4.69, 9.17) is 11.6 Å². The van der Waals surface area contributed by atoms with Gasteiger partial charge in [0.2, 0.25) is 0 Å². The van der Waals surface area contributed by atoms with E-state index < -0.39 is 6.10 Å². The summed E-state index contributed by atoms with van der Waals surface area (Å²) in [6.45, 7) is 4.78. The number of nitrogens with zero attached hydrogens (tertiary/aromatic N) is 2. The van der Waals surface area contributed by atoms with Crippen molar-refractivity contribution in [2.45, 2.75) is 31.9 Å². The van der Waals surface area contributed by atoms with Gasteiger partial charge in [-0.1, -0.05) is 30.7 Å². The zero-order chi connectivity index (χ0) is 19.0. The van der Waals surface area contributed by atoms with Crippen LogP contribution >= 0.6 is 22.9 Å². The van der Waals surface area contributed by atoms with Gasteiger partial charge in [-0.25, -0.2) is 4.79 Å². The van der Waals surface area contributed by atoms with Crippen LogP contribution in [0.1, 0.15) is 36.8 Å². The van der Waals surface area contributed by atoms with Crippen molar-refractivity contribution in [2.75, 3.05) is 19.6 Å². The maximum Gasteiger partial charge on any atom is 0.326 e.